The normalized spacial score (nSPS) is 11.1. The zero-order chi connectivity index (χ0) is 13.4. The summed E-state index contributed by atoms with van der Waals surface area (Å²) >= 11 is 10.9. The lowest BCUT2D eigenvalue weighted by Gasteiger charge is -2.12. The average molecular weight is 291 g/mol. The van der Waals surface area contributed by atoms with Gasteiger partial charge in [0.05, 0.1) is 5.69 Å². The fourth-order valence-corrected chi connectivity index (χ4v) is 2.40. The third kappa shape index (κ3) is 2.55. The van der Waals surface area contributed by atoms with E-state index in [0.717, 1.165) is 22.6 Å². The van der Waals surface area contributed by atoms with Crippen molar-refractivity contribution in [2.24, 2.45) is 0 Å². The monoisotopic (exact) mass is 290 g/mol. The summed E-state index contributed by atoms with van der Waals surface area (Å²) < 4.78 is 8.11. The van der Waals surface area contributed by atoms with Gasteiger partial charge in [-0.25, -0.2) is 4.98 Å². The van der Waals surface area contributed by atoms with Gasteiger partial charge in [-0.3, -0.25) is 0 Å². The summed E-state index contributed by atoms with van der Waals surface area (Å²) in [4.78, 5) is 4.09. The molecule has 3 nitrogen and oxygen atoms in total. The zero-order valence-corrected chi connectivity index (χ0v) is 11.8. The van der Waals surface area contributed by atoms with Crippen molar-refractivity contribution >= 4 is 23.8 Å². The van der Waals surface area contributed by atoms with Gasteiger partial charge < -0.3 is 8.98 Å². The van der Waals surface area contributed by atoms with Crippen LogP contribution in [0.4, 0.5) is 0 Å². The molecule has 0 atom stereocenters. The van der Waals surface area contributed by atoms with E-state index in [1.54, 1.807) is 12.3 Å². The molecule has 2 aliphatic rings. The SMILES string of the molecule is Cc1cc2oc(=S)cc-2n(Cc2ccc(Cl)nc2)c1. The molecule has 0 aromatic carbocycles. The molecule has 0 saturated carbocycles. The second-order valence-electron chi connectivity index (χ2n) is 4.45. The Labute approximate surface area is 120 Å². The summed E-state index contributed by atoms with van der Waals surface area (Å²) in [5.41, 5.74) is 3.19. The summed E-state index contributed by atoms with van der Waals surface area (Å²) in [6.45, 7) is 2.73. The lowest BCUT2D eigenvalue weighted by molar-refractivity contribution is 0.562. The van der Waals surface area contributed by atoms with Gasteiger partial charge >= 0.3 is 0 Å². The van der Waals surface area contributed by atoms with Crippen LogP contribution >= 0.6 is 23.8 Å². The van der Waals surface area contributed by atoms with Gasteiger partial charge in [0.15, 0.2) is 10.5 Å². The molecule has 0 saturated heterocycles. The summed E-state index contributed by atoms with van der Waals surface area (Å²) in [6.07, 6.45) is 3.85. The Morgan fingerprint density at radius 1 is 1.37 bits per heavy atom. The highest BCUT2D eigenvalue weighted by atomic mass is 35.5. The van der Waals surface area contributed by atoms with E-state index in [4.69, 9.17) is 28.2 Å². The van der Waals surface area contributed by atoms with Crippen molar-refractivity contribution in [3.63, 3.8) is 0 Å². The highest BCUT2D eigenvalue weighted by Crippen LogP contribution is 2.26. The van der Waals surface area contributed by atoms with Crippen LogP contribution in [0.15, 0.2) is 41.1 Å². The summed E-state index contributed by atoms with van der Waals surface area (Å²) in [5.74, 6) is 0.812. The fourth-order valence-electron chi connectivity index (χ4n) is 2.09. The van der Waals surface area contributed by atoms with Crippen LogP contribution < -0.4 is 0 Å². The molecule has 3 heterocycles. The van der Waals surface area contributed by atoms with E-state index < -0.39 is 0 Å². The molecule has 0 unspecified atom stereocenters. The minimum absolute atomic E-state index is 0.499. The van der Waals surface area contributed by atoms with Gasteiger partial charge in [-0.2, -0.15) is 0 Å². The average Bonchev–Trinajstić information content (AvgIpc) is 2.72. The second kappa shape index (κ2) is 4.79. The molecule has 5 heteroatoms. The van der Waals surface area contributed by atoms with E-state index >= 15 is 0 Å². The van der Waals surface area contributed by atoms with Gasteiger partial charge in [0.2, 0.25) is 0 Å². The molecule has 0 fully saturated rings. The van der Waals surface area contributed by atoms with Gasteiger partial charge in [-0.15, -0.1) is 0 Å². The van der Waals surface area contributed by atoms with Gasteiger partial charge in [0, 0.05) is 25.0 Å². The Balaban J connectivity index is 2.05. The number of aryl methyl sites for hydroxylation is 1. The van der Waals surface area contributed by atoms with E-state index in [2.05, 4.69) is 15.7 Å². The van der Waals surface area contributed by atoms with Crippen molar-refractivity contribution in [3.8, 4) is 11.5 Å². The number of furan rings is 1. The predicted molar refractivity (Wildman–Crippen MR) is 77.2 cm³/mol. The number of fused-ring (bicyclic) bond motifs is 1. The molecule has 3 rings (SSSR count). The number of pyridine rings is 2. The number of hydrogen-bond acceptors (Lipinski definition) is 3. The van der Waals surface area contributed by atoms with Gasteiger partial charge in [0.1, 0.15) is 5.15 Å². The van der Waals surface area contributed by atoms with Gasteiger partial charge in [-0.05, 0) is 42.4 Å². The molecule has 96 valence electrons. The highest BCUT2D eigenvalue weighted by molar-refractivity contribution is 7.71. The standard InChI is InChI=1S/C14H11ClN2OS/c1-9-4-12-11(5-14(19)18-12)17(7-9)8-10-2-3-13(15)16-6-10/h2-7H,8H2,1H3. The molecule has 19 heavy (non-hydrogen) atoms. The Morgan fingerprint density at radius 2 is 2.21 bits per heavy atom. The van der Waals surface area contributed by atoms with E-state index in [-0.39, 0.29) is 0 Å². The van der Waals surface area contributed by atoms with E-state index in [1.165, 1.54) is 0 Å². The molecule has 0 N–H and O–H groups in total. The first kappa shape index (κ1) is 12.4. The van der Waals surface area contributed by atoms with E-state index in [9.17, 15) is 0 Å². The van der Waals surface area contributed by atoms with Crippen LogP contribution in [0, 0.1) is 11.6 Å². The number of hydrogen-bond donors (Lipinski definition) is 0. The number of nitrogens with zero attached hydrogens (tertiary/aromatic N) is 2. The van der Waals surface area contributed by atoms with Crippen LogP contribution in [-0.2, 0) is 6.54 Å². The molecular weight excluding hydrogens is 280 g/mol. The van der Waals surface area contributed by atoms with Crippen molar-refractivity contribution in [2.45, 2.75) is 13.5 Å². The summed E-state index contributed by atoms with van der Waals surface area (Å²) in [5, 5.41) is 0.499. The van der Waals surface area contributed by atoms with Crippen molar-refractivity contribution in [2.75, 3.05) is 0 Å². The van der Waals surface area contributed by atoms with Crippen LogP contribution in [0.25, 0.3) is 11.5 Å². The summed E-state index contributed by atoms with van der Waals surface area (Å²) in [6, 6.07) is 7.61. The minimum atomic E-state index is 0.499. The predicted octanol–water partition coefficient (Wildman–Crippen LogP) is 4.32. The lowest BCUT2D eigenvalue weighted by Crippen LogP contribution is -2.04. The third-order valence-corrected chi connectivity index (χ3v) is 3.31. The minimum Gasteiger partial charge on any atom is -0.444 e. The van der Waals surface area contributed by atoms with Crippen molar-refractivity contribution in [1.29, 1.82) is 0 Å². The maximum Gasteiger partial charge on any atom is 0.193 e. The van der Waals surface area contributed by atoms with E-state index in [0.29, 0.717) is 16.4 Å². The van der Waals surface area contributed by atoms with E-state index in [1.807, 2.05) is 25.1 Å². The van der Waals surface area contributed by atoms with Crippen LogP contribution in [0.2, 0.25) is 5.15 Å². The topological polar surface area (TPSA) is 31.0 Å². The Bertz CT molecular complexity index is 745. The molecule has 0 bridgehead atoms. The van der Waals surface area contributed by atoms with Crippen LogP contribution in [0.5, 0.6) is 0 Å². The molecule has 0 amide bonds. The third-order valence-electron chi connectivity index (χ3n) is 2.89. The molecule has 0 aliphatic carbocycles. The second-order valence-corrected chi connectivity index (χ2v) is 5.24. The Morgan fingerprint density at radius 3 is 2.95 bits per heavy atom. The zero-order valence-electron chi connectivity index (χ0n) is 10.3. The first-order valence-corrected chi connectivity index (χ1v) is 6.61. The summed E-state index contributed by atoms with van der Waals surface area (Å²) in [7, 11) is 0. The number of aromatic nitrogens is 2. The highest BCUT2D eigenvalue weighted by Gasteiger charge is 2.12. The lowest BCUT2D eigenvalue weighted by atomic mass is 10.2. The number of rotatable bonds is 2. The quantitative estimate of drug-likeness (QED) is 0.520. The number of halogens is 1. The first-order valence-electron chi connectivity index (χ1n) is 5.83. The molecule has 0 radical (unpaired) electrons. The Hall–Kier alpha value is -1.65. The van der Waals surface area contributed by atoms with Gasteiger partial charge in [-0.1, -0.05) is 17.7 Å². The molecule has 1 aromatic rings. The smallest absolute Gasteiger partial charge is 0.193 e. The maximum atomic E-state index is 5.79. The largest absolute Gasteiger partial charge is 0.444 e. The molecule has 2 aliphatic heterocycles. The maximum absolute atomic E-state index is 5.79. The van der Waals surface area contributed by atoms with Crippen LogP contribution in [0.3, 0.4) is 0 Å². The van der Waals surface area contributed by atoms with Crippen molar-refractivity contribution in [3.05, 3.63) is 57.6 Å². The molecular formula is C14H11ClN2OS. The van der Waals surface area contributed by atoms with Crippen molar-refractivity contribution in [1.82, 2.24) is 9.55 Å². The molecule has 0 spiro atoms. The van der Waals surface area contributed by atoms with Crippen LogP contribution in [-0.4, -0.2) is 9.55 Å². The van der Waals surface area contributed by atoms with Gasteiger partial charge in [0.25, 0.3) is 0 Å². The van der Waals surface area contributed by atoms with Crippen molar-refractivity contribution < 1.29 is 4.42 Å². The molecule has 1 aromatic heterocycles. The fraction of sp³-hybridized carbons (Fsp3) is 0.143. The Kier molecular flexibility index (Phi) is 3.12. The first-order chi connectivity index (χ1) is 9.11. The van der Waals surface area contributed by atoms with Crippen LogP contribution in [0.1, 0.15) is 11.1 Å².